The van der Waals surface area contributed by atoms with E-state index < -0.39 is 0 Å². The van der Waals surface area contributed by atoms with E-state index in [-0.39, 0.29) is 18.1 Å². The van der Waals surface area contributed by atoms with Crippen LogP contribution in [0.3, 0.4) is 0 Å². The quantitative estimate of drug-likeness (QED) is 0.177. The molecular weight excluding hydrogens is 605 g/mol. The number of para-hydroxylation sites is 3. The maximum atomic E-state index is 9.86. The average Bonchev–Trinajstić information content (AvgIpc) is 3.74. The summed E-state index contributed by atoms with van der Waals surface area (Å²) in [6, 6.07) is 60.4. The van der Waals surface area contributed by atoms with Gasteiger partial charge in [0.1, 0.15) is 0 Å². The molecule has 2 heteroatoms. The molecule has 10 aromatic rings. The van der Waals surface area contributed by atoms with E-state index in [1.165, 1.54) is 0 Å². The van der Waals surface area contributed by atoms with Crippen LogP contribution < -0.4 is 0 Å². The highest BCUT2D eigenvalue weighted by Crippen LogP contribution is 2.42. The average molecular weight is 640 g/mol. The second-order valence-corrected chi connectivity index (χ2v) is 12.7. The van der Waals surface area contributed by atoms with Gasteiger partial charge in [-0.25, -0.2) is 0 Å². The van der Waals surface area contributed by atoms with Gasteiger partial charge in [-0.3, -0.25) is 0 Å². The number of hydrogen-bond donors (Lipinski definition) is 0. The second-order valence-electron chi connectivity index (χ2n) is 12.7. The van der Waals surface area contributed by atoms with Gasteiger partial charge in [0, 0.05) is 32.8 Å². The number of fused-ring (bicyclic) bond motifs is 6. The monoisotopic (exact) mass is 639 g/mol. The van der Waals surface area contributed by atoms with Crippen LogP contribution in [0.4, 0.5) is 0 Å². The van der Waals surface area contributed by atoms with Gasteiger partial charge < -0.3 is 9.13 Å². The van der Waals surface area contributed by atoms with Crippen molar-refractivity contribution in [3.8, 4) is 44.8 Å². The lowest BCUT2D eigenvalue weighted by molar-refractivity contribution is 1.18. The van der Waals surface area contributed by atoms with Gasteiger partial charge in [0.05, 0.1) is 31.9 Å². The van der Waals surface area contributed by atoms with E-state index >= 15 is 0 Å². The number of nitrogens with zero attached hydrogens (tertiary/aromatic N) is 2. The van der Waals surface area contributed by atoms with E-state index in [0.717, 1.165) is 71.9 Å². The van der Waals surface area contributed by atoms with Crippen LogP contribution in [0.2, 0.25) is 0 Å². The Morgan fingerprint density at radius 1 is 0.360 bits per heavy atom. The SMILES string of the molecule is [2H]c1c(-c2ccc3c(c2)c2c(-c4ccccc4)cccc2n3-c2ccccc2)c([2H])c2c3ccccc3n(-c3ccccc3-c3ccccc3)c2c1[2H]. The summed E-state index contributed by atoms with van der Waals surface area (Å²) in [5.74, 6) is 0. The van der Waals surface area contributed by atoms with Crippen molar-refractivity contribution in [1.29, 1.82) is 0 Å². The van der Waals surface area contributed by atoms with E-state index in [9.17, 15) is 4.11 Å². The van der Waals surface area contributed by atoms with Crippen molar-refractivity contribution in [2.45, 2.75) is 0 Å². The van der Waals surface area contributed by atoms with Crippen LogP contribution in [0.5, 0.6) is 0 Å². The number of rotatable bonds is 5. The molecule has 0 radical (unpaired) electrons. The molecule has 10 rings (SSSR count). The fraction of sp³-hybridized carbons (Fsp3) is 0. The van der Waals surface area contributed by atoms with E-state index in [1.54, 1.807) is 0 Å². The lowest BCUT2D eigenvalue weighted by atomic mass is 9.97. The fourth-order valence-corrected chi connectivity index (χ4v) is 7.63. The Morgan fingerprint density at radius 3 is 1.78 bits per heavy atom. The summed E-state index contributed by atoms with van der Waals surface area (Å²) in [6.45, 7) is 0. The number of benzene rings is 8. The number of hydrogen-bond acceptors (Lipinski definition) is 0. The largest absolute Gasteiger partial charge is 0.309 e. The number of aromatic nitrogens is 2. The highest BCUT2D eigenvalue weighted by Gasteiger charge is 2.19. The summed E-state index contributed by atoms with van der Waals surface area (Å²) in [5, 5.41) is 3.71. The zero-order chi connectivity index (χ0) is 35.6. The molecule has 0 fully saturated rings. The first-order chi connectivity index (χ1) is 26.1. The molecule has 0 saturated carbocycles. The molecule has 0 amide bonds. The van der Waals surface area contributed by atoms with Gasteiger partial charge in [-0.1, -0.05) is 140 Å². The van der Waals surface area contributed by atoms with Crippen molar-refractivity contribution < 1.29 is 4.11 Å². The molecule has 8 aromatic carbocycles. The molecule has 50 heavy (non-hydrogen) atoms. The molecule has 2 heterocycles. The summed E-state index contributed by atoms with van der Waals surface area (Å²) < 4.78 is 33.4. The lowest BCUT2D eigenvalue weighted by Gasteiger charge is -2.14. The van der Waals surface area contributed by atoms with E-state index in [0.29, 0.717) is 16.5 Å². The van der Waals surface area contributed by atoms with E-state index in [1.807, 2.05) is 66.7 Å². The van der Waals surface area contributed by atoms with Crippen LogP contribution in [0.1, 0.15) is 4.11 Å². The first kappa shape index (κ1) is 25.4. The van der Waals surface area contributed by atoms with Gasteiger partial charge in [-0.2, -0.15) is 0 Å². The Hall–Kier alpha value is -6.64. The van der Waals surface area contributed by atoms with Crippen LogP contribution in [-0.4, -0.2) is 9.13 Å². The lowest BCUT2D eigenvalue weighted by Crippen LogP contribution is -1.97. The van der Waals surface area contributed by atoms with Crippen molar-refractivity contribution in [1.82, 2.24) is 9.13 Å². The predicted molar refractivity (Wildman–Crippen MR) is 211 cm³/mol. The molecule has 0 saturated heterocycles. The minimum Gasteiger partial charge on any atom is -0.309 e. The molecule has 0 aliphatic rings. The molecule has 2 nitrogen and oxygen atoms in total. The van der Waals surface area contributed by atoms with Gasteiger partial charge in [0.25, 0.3) is 0 Å². The van der Waals surface area contributed by atoms with Crippen LogP contribution in [0.25, 0.3) is 88.4 Å². The third-order valence-electron chi connectivity index (χ3n) is 9.84. The van der Waals surface area contributed by atoms with Crippen LogP contribution in [0.15, 0.2) is 194 Å². The maximum absolute atomic E-state index is 9.86. The molecule has 0 unspecified atom stereocenters. The van der Waals surface area contributed by atoms with Gasteiger partial charge in [-0.05, 0) is 82.4 Å². The summed E-state index contributed by atoms with van der Waals surface area (Å²) in [4.78, 5) is 0. The van der Waals surface area contributed by atoms with Crippen LogP contribution >= 0.6 is 0 Å². The first-order valence-electron chi connectivity index (χ1n) is 18.5. The van der Waals surface area contributed by atoms with Crippen molar-refractivity contribution in [2.75, 3.05) is 0 Å². The topological polar surface area (TPSA) is 9.86 Å². The standard InChI is InChI=1S/C48H32N2/c1-4-15-33(16-5-1)38-21-10-12-24-43(38)50-44-25-13-11-22-40(44)41-31-35(27-29-45(41)50)36-28-30-46-42(32-36)48-39(34-17-6-2-7-18-34)23-14-26-47(48)49(46)37-19-8-3-9-20-37/h1-32H/i27D,29D,31D. The first-order valence-corrected chi connectivity index (χ1v) is 17.0. The third-order valence-corrected chi connectivity index (χ3v) is 9.84. The molecule has 0 N–H and O–H groups in total. The normalized spacial score (nSPS) is 12.4. The van der Waals surface area contributed by atoms with Gasteiger partial charge in [0.15, 0.2) is 0 Å². The Kier molecular flexibility index (Phi) is 5.84. The fourth-order valence-electron chi connectivity index (χ4n) is 7.63. The molecule has 0 atom stereocenters. The van der Waals surface area contributed by atoms with E-state index in [2.05, 4.69) is 118 Å². The zero-order valence-corrected chi connectivity index (χ0v) is 27.1. The molecule has 2 aromatic heterocycles. The highest BCUT2D eigenvalue weighted by atomic mass is 15.0. The van der Waals surface area contributed by atoms with Crippen LogP contribution in [-0.2, 0) is 0 Å². The smallest absolute Gasteiger partial charge is 0.0645 e. The Bertz CT molecular complexity index is 3020. The van der Waals surface area contributed by atoms with Crippen molar-refractivity contribution in [2.24, 2.45) is 0 Å². The van der Waals surface area contributed by atoms with Crippen molar-refractivity contribution >= 4 is 43.6 Å². The molecular formula is C48H32N2. The predicted octanol–water partition coefficient (Wildman–Crippen LogP) is 12.9. The molecule has 0 spiro atoms. The Balaban J connectivity index is 1.28. The van der Waals surface area contributed by atoms with Crippen LogP contribution in [0, 0.1) is 0 Å². The molecule has 0 bridgehead atoms. The van der Waals surface area contributed by atoms with Gasteiger partial charge in [0.2, 0.25) is 0 Å². The van der Waals surface area contributed by atoms with Gasteiger partial charge >= 0.3 is 0 Å². The third kappa shape index (κ3) is 4.43. The maximum Gasteiger partial charge on any atom is 0.0645 e. The summed E-state index contributed by atoms with van der Waals surface area (Å²) in [7, 11) is 0. The van der Waals surface area contributed by atoms with Crippen molar-refractivity contribution in [3.05, 3.63) is 194 Å². The Labute approximate surface area is 294 Å². The molecule has 234 valence electrons. The molecule has 0 aliphatic heterocycles. The zero-order valence-electron chi connectivity index (χ0n) is 30.1. The summed E-state index contributed by atoms with van der Waals surface area (Å²) >= 11 is 0. The second kappa shape index (κ2) is 11.5. The summed E-state index contributed by atoms with van der Waals surface area (Å²) in [6.07, 6.45) is 0. The van der Waals surface area contributed by atoms with Crippen molar-refractivity contribution in [3.63, 3.8) is 0 Å². The minimum absolute atomic E-state index is 0.0400. The highest BCUT2D eigenvalue weighted by molar-refractivity contribution is 6.17. The summed E-state index contributed by atoms with van der Waals surface area (Å²) in [5.41, 5.74) is 11.1. The molecule has 0 aliphatic carbocycles. The Morgan fingerprint density at radius 2 is 0.980 bits per heavy atom. The van der Waals surface area contributed by atoms with E-state index in [4.69, 9.17) is 0 Å². The van der Waals surface area contributed by atoms with Gasteiger partial charge in [-0.15, -0.1) is 0 Å². The minimum atomic E-state index is 0.0400.